The number of carbonyl (C=O) groups excluding carboxylic acids is 1. The number of aromatic nitrogens is 1. The van der Waals surface area contributed by atoms with Gasteiger partial charge in [0, 0.05) is 49.7 Å². The van der Waals surface area contributed by atoms with Crippen LogP contribution in [0.3, 0.4) is 0 Å². The van der Waals surface area contributed by atoms with Crippen molar-refractivity contribution in [2.45, 2.75) is 13.0 Å². The van der Waals surface area contributed by atoms with E-state index in [2.05, 4.69) is 9.88 Å². The molecule has 3 aromatic rings. The van der Waals surface area contributed by atoms with Crippen LogP contribution in [0.5, 0.6) is 0 Å². The van der Waals surface area contributed by atoms with Crippen LogP contribution in [0.1, 0.15) is 22.3 Å². The maximum atomic E-state index is 14.4. The average molecular weight is 397 g/mol. The second kappa shape index (κ2) is 8.13. The zero-order chi connectivity index (χ0) is 20.4. The normalized spacial score (nSPS) is 15.4. The first kappa shape index (κ1) is 19.3. The fraction of sp³-hybridized carbons (Fsp3) is 0.273. The lowest BCUT2D eigenvalue weighted by Crippen LogP contribution is -2.35. The van der Waals surface area contributed by atoms with E-state index in [9.17, 15) is 18.4 Å². The van der Waals surface area contributed by atoms with Crippen LogP contribution in [-0.2, 0) is 6.54 Å². The number of hydrogen-bond acceptors (Lipinski definition) is 3. The van der Waals surface area contributed by atoms with Crippen LogP contribution in [-0.4, -0.2) is 46.9 Å². The van der Waals surface area contributed by atoms with Crippen molar-refractivity contribution in [1.29, 1.82) is 0 Å². The Kier molecular flexibility index (Phi) is 5.40. The van der Waals surface area contributed by atoms with Crippen molar-refractivity contribution in [2.75, 3.05) is 26.2 Å². The summed E-state index contributed by atoms with van der Waals surface area (Å²) in [6.45, 7) is 3.33. The molecule has 29 heavy (non-hydrogen) atoms. The Balaban J connectivity index is 1.47. The molecule has 7 heteroatoms. The molecule has 2 heterocycles. The number of H-pyrrole nitrogens is 1. The molecule has 0 saturated carbocycles. The Labute approximate surface area is 166 Å². The molecule has 150 valence electrons. The zero-order valence-electron chi connectivity index (χ0n) is 15.8. The Hall–Kier alpha value is -3.06. The number of halogens is 2. The molecule has 4 rings (SSSR count). The van der Waals surface area contributed by atoms with E-state index in [0.717, 1.165) is 18.5 Å². The lowest BCUT2D eigenvalue weighted by atomic mass is 10.1. The van der Waals surface area contributed by atoms with Gasteiger partial charge in [-0.15, -0.1) is 0 Å². The molecule has 1 aromatic heterocycles. The summed E-state index contributed by atoms with van der Waals surface area (Å²) in [5, 5.41) is 0.487. The highest BCUT2D eigenvalue weighted by molar-refractivity contribution is 5.98. The summed E-state index contributed by atoms with van der Waals surface area (Å²) in [5.41, 5.74) is 1.02. The smallest absolute Gasteiger partial charge is 0.254 e. The van der Waals surface area contributed by atoms with Gasteiger partial charge in [0.15, 0.2) is 0 Å². The summed E-state index contributed by atoms with van der Waals surface area (Å²) in [7, 11) is 0. The van der Waals surface area contributed by atoms with Gasteiger partial charge in [0.1, 0.15) is 11.6 Å². The quantitative estimate of drug-likeness (QED) is 0.739. The van der Waals surface area contributed by atoms with Gasteiger partial charge in [0.2, 0.25) is 5.56 Å². The molecule has 0 atom stereocenters. The lowest BCUT2D eigenvalue weighted by molar-refractivity contribution is 0.0761. The molecular formula is C22H21F2N3O2. The van der Waals surface area contributed by atoms with Crippen molar-refractivity contribution in [3.8, 4) is 0 Å². The Morgan fingerprint density at radius 3 is 2.55 bits per heavy atom. The van der Waals surface area contributed by atoms with Crippen molar-refractivity contribution in [2.24, 2.45) is 0 Å². The third-order valence-corrected chi connectivity index (χ3v) is 5.23. The predicted molar refractivity (Wildman–Crippen MR) is 107 cm³/mol. The minimum absolute atomic E-state index is 0.107. The predicted octanol–water partition coefficient (Wildman–Crippen LogP) is 3.15. The Morgan fingerprint density at radius 1 is 0.966 bits per heavy atom. The van der Waals surface area contributed by atoms with Gasteiger partial charge in [0.05, 0.1) is 5.52 Å². The standard InChI is InChI=1S/C22H21F2N3O2/c23-18-5-2-15(3-6-18)14-26-8-1-9-27(11-10-26)22(29)17-12-16-4-7-20(28)25-21(16)19(24)13-17/h2-7,12-13H,1,8-11,14H2,(H,25,28). The van der Waals surface area contributed by atoms with E-state index in [1.54, 1.807) is 23.1 Å². The first-order chi connectivity index (χ1) is 14.0. The van der Waals surface area contributed by atoms with E-state index in [-0.39, 0.29) is 28.4 Å². The molecule has 1 saturated heterocycles. The zero-order valence-corrected chi connectivity index (χ0v) is 15.8. The highest BCUT2D eigenvalue weighted by Gasteiger charge is 2.21. The third-order valence-electron chi connectivity index (χ3n) is 5.23. The summed E-state index contributed by atoms with van der Waals surface area (Å²) >= 11 is 0. The first-order valence-corrected chi connectivity index (χ1v) is 9.58. The molecule has 1 N–H and O–H groups in total. The SMILES string of the molecule is O=C(c1cc(F)c2[nH]c(=O)ccc2c1)N1CCCN(Cc2ccc(F)cc2)CC1. The molecule has 1 amide bonds. The molecule has 0 aliphatic carbocycles. The molecule has 1 aliphatic heterocycles. The number of nitrogens with one attached hydrogen (secondary N) is 1. The van der Waals surface area contributed by atoms with Gasteiger partial charge in [-0.3, -0.25) is 14.5 Å². The van der Waals surface area contributed by atoms with Crippen LogP contribution >= 0.6 is 0 Å². The molecule has 0 unspecified atom stereocenters. The Morgan fingerprint density at radius 2 is 1.76 bits per heavy atom. The van der Waals surface area contributed by atoms with Crippen LogP contribution in [0.25, 0.3) is 10.9 Å². The van der Waals surface area contributed by atoms with E-state index in [0.29, 0.717) is 31.6 Å². The number of benzene rings is 2. The van der Waals surface area contributed by atoms with Crippen molar-refractivity contribution < 1.29 is 13.6 Å². The summed E-state index contributed by atoms with van der Waals surface area (Å²) < 4.78 is 27.5. The first-order valence-electron chi connectivity index (χ1n) is 9.58. The fourth-order valence-corrected chi connectivity index (χ4v) is 3.71. The van der Waals surface area contributed by atoms with Gasteiger partial charge in [-0.05, 0) is 42.3 Å². The monoisotopic (exact) mass is 397 g/mol. The molecular weight excluding hydrogens is 376 g/mol. The van der Waals surface area contributed by atoms with Gasteiger partial charge in [-0.25, -0.2) is 8.78 Å². The highest BCUT2D eigenvalue weighted by atomic mass is 19.1. The van der Waals surface area contributed by atoms with E-state index in [4.69, 9.17) is 0 Å². The van der Waals surface area contributed by atoms with Crippen LogP contribution in [0.15, 0.2) is 53.3 Å². The maximum absolute atomic E-state index is 14.4. The largest absolute Gasteiger partial charge is 0.337 e. The summed E-state index contributed by atoms with van der Waals surface area (Å²) in [4.78, 5) is 30.8. The second-order valence-electron chi connectivity index (χ2n) is 7.29. The Bertz CT molecular complexity index is 1100. The van der Waals surface area contributed by atoms with Crippen LogP contribution in [0, 0.1) is 11.6 Å². The summed E-state index contributed by atoms with van der Waals surface area (Å²) in [6.07, 6.45) is 0.802. The number of amides is 1. The number of fused-ring (bicyclic) bond motifs is 1. The van der Waals surface area contributed by atoms with Crippen molar-refractivity contribution in [3.05, 3.63) is 81.6 Å². The van der Waals surface area contributed by atoms with E-state index >= 15 is 0 Å². The topological polar surface area (TPSA) is 56.4 Å². The number of rotatable bonds is 3. The molecule has 5 nitrogen and oxygen atoms in total. The van der Waals surface area contributed by atoms with E-state index in [1.807, 2.05) is 0 Å². The lowest BCUT2D eigenvalue weighted by Gasteiger charge is -2.22. The maximum Gasteiger partial charge on any atom is 0.254 e. The number of carbonyl (C=O) groups is 1. The third kappa shape index (κ3) is 4.35. The van der Waals surface area contributed by atoms with E-state index in [1.165, 1.54) is 30.3 Å². The highest BCUT2D eigenvalue weighted by Crippen LogP contribution is 2.19. The van der Waals surface area contributed by atoms with Gasteiger partial charge >= 0.3 is 0 Å². The number of aromatic amines is 1. The van der Waals surface area contributed by atoms with Gasteiger partial charge in [0.25, 0.3) is 5.91 Å². The van der Waals surface area contributed by atoms with Gasteiger partial charge in [-0.1, -0.05) is 12.1 Å². The van der Waals surface area contributed by atoms with Crippen LogP contribution in [0.4, 0.5) is 8.78 Å². The number of hydrogen-bond donors (Lipinski definition) is 1. The second-order valence-corrected chi connectivity index (χ2v) is 7.29. The minimum Gasteiger partial charge on any atom is -0.337 e. The van der Waals surface area contributed by atoms with Crippen molar-refractivity contribution in [3.63, 3.8) is 0 Å². The van der Waals surface area contributed by atoms with Crippen molar-refractivity contribution in [1.82, 2.24) is 14.8 Å². The number of nitrogens with zero attached hydrogens (tertiary/aromatic N) is 2. The molecule has 0 bridgehead atoms. The van der Waals surface area contributed by atoms with Crippen molar-refractivity contribution >= 4 is 16.8 Å². The fourth-order valence-electron chi connectivity index (χ4n) is 3.71. The molecule has 1 fully saturated rings. The molecule has 2 aromatic carbocycles. The summed E-state index contributed by atoms with van der Waals surface area (Å²) in [5.74, 6) is -1.09. The molecule has 0 radical (unpaired) electrons. The van der Waals surface area contributed by atoms with Gasteiger partial charge in [-0.2, -0.15) is 0 Å². The minimum atomic E-state index is -0.615. The molecule has 0 spiro atoms. The van der Waals surface area contributed by atoms with E-state index < -0.39 is 5.82 Å². The summed E-state index contributed by atoms with van der Waals surface area (Å²) in [6, 6.07) is 12.1. The van der Waals surface area contributed by atoms with Crippen LogP contribution in [0.2, 0.25) is 0 Å². The number of pyridine rings is 1. The van der Waals surface area contributed by atoms with Gasteiger partial charge < -0.3 is 9.88 Å². The average Bonchev–Trinajstić information content (AvgIpc) is 2.95. The molecule has 1 aliphatic rings. The van der Waals surface area contributed by atoms with Crippen LogP contribution < -0.4 is 5.56 Å².